The standard InChI is InChI=1S/C27H31N5O2S/c1-4-32-26(20-7-5-6-18(2)14-20)29-30-27(32)35-17-25(33)31-12-10-19(11-13-31)23-16-28-24-9-8-21(34-3)15-22(23)24/h5-9,14-16,19,28H,4,10-13,17H2,1-3H3. The molecule has 182 valence electrons. The highest BCUT2D eigenvalue weighted by Crippen LogP contribution is 2.35. The van der Waals surface area contributed by atoms with E-state index < -0.39 is 0 Å². The van der Waals surface area contributed by atoms with Crippen LogP contribution < -0.4 is 4.74 Å². The number of aromatic nitrogens is 4. The average molecular weight is 490 g/mol. The fourth-order valence-corrected chi connectivity index (χ4v) is 5.83. The predicted molar refractivity (Wildman–Crippen MR) is 140 cm³/mol. The summed E-state index contributed by atoms with van der Waals surface area (Å²) in [4.78, 5) is 18.4. The number of aromatic amines is 1. The second-order valence-corrected chi connectivity index (χ2v) is 9.96. The van der Waals surface area contributed by atoms with Crippen LogP contribution in [0.2, 0.25) is 0 Å². The van der Waals surface area contributed by atoms with E-state index in [2.05, 4.69) is 70.1 Å². The number of carbonyl (C=O) groups excluding carboxylic acids is 1. The normalized spacial score (nSPS) is 14.5. The summed E-state index contributed by atoms with van der Waals surface area (Å²) < 4.78 is 7.50. The molecule has 0 saturated carbocycles. The molecule has 3 heterocycles. The van der Waals surface area contributed by atoms with Crippen LogP contribution in [0.1, 0.15) is 36.8 Å². The molecular formula is C27H31N5O2S. The van der Waals surface area contributed by atoms with Crippen molar-refractivity contribution in [1.82, 2.24) is 24.6 Å². The third kappa shape index (κ3) is 4.80. The Morgan fingerprint density at radius 3 is 2.74 bits per heavy atom. The summed E-state index contributed by atoms with van der Waals surface area (Å²) in [6.45, 7) is 6.46. The highest BCUT2D eigenvalue weighted by Gasteiger charge is 2.26. The maximum Gasteiger partial charge on any atom is 0.233 e. The van der Waals surface area contributed by atoms with E-state index in [-0.39, 0.29) is 5.91 Å². The van der Waals surface area contributed by atoms with E-state index in [4.69, 9.17) is 4.74 Å². The van der Waals surface area contributed by atoms with Gasteiger partial charge in [-0.05, 0) is 62.4 Å². The number of fused-ring (bicyclic) bond motifs is 1. The third-order valence-electron chi connectivity index (χ3n) is 6.84. The highest BCUT2D eigenvalue weighted by atomic mass is 32.2. The molecule has 2 aromatic heterocycles. The molecule has 1 aliphatic heterocycles. The summed E-state index contributed by atoms with van der Waals surface area (Å²) in [6.07, 6.45) is 4.04. The van der Waals surface area contributed by atoms with Crippen molar-refractivity contribution in [3.63, 3.8) is 0 Å². The molecule has 0 aliphatic carbocycles. The lowest BCUT2D eigenvalue weighted by Gasteiger charge is -2.32. The number of benzene rings is 2. The van der Waals surface area contributed by atoms with Gasteiger partial charge in [0, 0.05) is 42.3 Å². The SMILES string of the molecule is CCn1c(SCC(=O)N2CCC(c3c[nH]c4ccc(OC)cc34)CC2)nnc1-c1cccc(C)c1. The molecule has 0 spiro atoms. The fraction of sp³-hybridized carbons (Fsp3) is 0.370. The zero-order valence-electron chi connectivity index (χ0n) is 20.5. The monoisotopic (exact) mass is 489 g/mol. The van der Waals surface area contributed by atoms with Crippen molar-refractivity contribution >= 4 is 28.6 Å². The number of amides is 1. The van der Waals surface area contributed by atoms with Crippen LogP contribution in [-0.4, -0.2) is 56.5 Å². The third-order valence-corrected chi connectivity index (χ3v) is 7.79. The molecule has 8 heteroatoms. The largest absolute Gasteiger partial charge is 0.497 e. The van der Waals surface area contributed by atoms with Crippen molar-refractivity contribution in [1.29, 1.82) is 0 Å². The smallest absolute Gasteiger partial charge is 0.233 e. The predicted octanol–water partition coefficient (Wildman–Crippen LogP) is 5.26. The van der Waals surface area contributed by atoms with E-state index in [0.29, 0.717) is 11.7 Å². The lowest BCUT2D eigenvalue weighted by Crippen LogP contribution is -2.39. The maximum atomic E-state index is 13.0. The number of rotatable bonds is 7. The first-order valence-electron chi connectivity index (χ1n) is 12.1. The Balaban J connectivity index is 1.20. The van der Waals surface area contributed by atoms with Crippen molar-refractivity contribution in [2.24, 2.45) is 0 Å². The van der Waals surface area contributed by atoms with Crippen molar-refractivity contribution < 1.29 is 9.53 Å². The van der Waals surface area contributed by atoms with Gasteiger partial charge in [0.05, 0.1) is 12.9 Å². The molecule has 1 saturated heterocycles. The first kappa shape index (κ1) is 23.5. The van der Waals surface area contributed by atoms with Gasteiger partial charge >= 0.3 is 0 Å². The van der Waals surface area contributed by atoms with Gasteiger partial charge < -0.3 is 19.2 Å². The van der Waals surface area contributed by atoms with Gasteiger partial charge in [0.1, 0.15) is 5.75 Å². The van der Waals surface area contributed by atoms with Gasteiger partial charge in [-0.3, -0.25) is 4.79 Å². The van der Waals surface area contributed by atoms with Gasteiger partial charge in [-0.2, -0.15) is 0 Å². The second-order valence-electron chi connectivity index (χ2n) is 9.02. The molecule has 2 aromatic carbocycles. The van der Waals surface area contributed by atoms with Crippen LogP contribution in [-0.2, 0) is 11.3 Å². The number of piperidine rings is 1. The van der Waals surface area contributed by atoms with Crippen LogP contribution in [0.15, 0.2) is 53.8 Å². The Labute approximate surface area is 209 Å². The Morgan fingerprint density at radius 2 is 2.00 bits per heavy atom. The molecule has 1 aliphatic rings. The number of H-pyrrole nitrogens is 1. The number of methoxy groups -OCH3 is 1. The molecule has 0 radical (unpaired) electrons. The molecular weight excluding hydrogens is 458 g/mol. The first-order valence-corrected chi connectivity index (χ1v) is 13.1. The van der Waals surface area contributed by atoms with Crippen LogP contribution in [0.25, 0.3) is 22.3 Å². The molecule has 1 fully saturated rings. The van der Waals surface area contributed by atoms with E-state index in [1.54, 1.807) is 7.11 Å². The number of hydrogen-bond donors (Lipinski definition) is 1. The summed E-state index contributed by atoms with van der Waals surface area (Å²) >= 11 is 1.48. The van der Waals surface area contributed by atoms with E-state index in [1.807, 2.05) is 17.0 Å². The number of nitrogens with one attached hydrogen (secondary N) is 1. The zero-order valence-corrected chi connectivity index (χ0v) is 21.3. The molecule has 0 atom stereocenters. The maximum absolute atomic E-state index is 13.0. The molecule has 4 aromatic rings. The number of likely N-dealkylation sites (tertiary alicyclic amines) is 1. The minimum Gasteiger partial charge on any atom is -0.497 e. The molecule has 0 bridgehead atoms. The van der Waals surface area contributed by atoms with Crippen molar-refractivity contribution in [3.05, 3.63) is 59.8 Å². The topological polar surface area (TPSA) is 76.0 Å². The van der Waals surface area contributed by atoms with Crippen LogP contribution in [0.5, 0.6) is 5.75 Å². The van der Waals surface area contributed by atoms with Crippen molar-refractivity contribution in [2.75, 3.05) is 26.0 Å². The number of ether oxygens (including phenoxy) is 1. The number of aryl methyl sites for hydroxylation is 1. The fourth-order valence-electron chi connectivity index (χ4n) is 4.92. The number of carbonyl (C=O) groups is 1. The lowest BCUT2D eigenvalue weighted by atomic mass is 9.89. The van der Waals surface area contributed by atoms with Gasteiger partial charge in [-0.1, -0.05) is 35.5 Å². The Bertz CT molecular complexity index is 1340. The molecule has 35 heavy (non-hydrogen) atoms. The summed E-state index contributed by atoms with van der Waals surface area (Å²) in [6, 6.07) is 14.4. The van der Waals surface area contributed by atoms with E-state index in [9.17, 15) is 4.79 Å². The van der Waals surface area contributed by atoms with Crippen molar-refractivity contribution in [3.8, 4) is 17.1 Å². The number of hydrogen-bond acceptors (Lipinski definition) is 5. The van der Waals surface area contributed by atoms with E-state index in [1.165, 1.54) is 28.3 Å². The molecule has 7 nitrogen and oxygen atoms in total. The molecule has 5 rings (SSSR count). The molecule has 0 unspecified atom stereocenters. The minimum atomic E-state index is 0.164. The van der Waals surface area contributed by atoms with Crippen LogP contribution in [0.4, 0.5) is 0 Å². The van der Waals surface area contributed by atoms with E-state index >= 15 is 0 Å². The van der Waals surface area contributed by atoms with E-state index in [0.717, 1.165) is 60.3 Å². The lowest BCUT2D eigenvalue weighted by molar-refractivity contribution is -0.129. The average Bonchev–Trinajstić information content (AvgIpc) is 3.50. The summed E-state index contributed by atoms with van der Waals surface area (Å²) in [5.41, 5.74) is 4.68. The first-order chi connectivity index (χ1) is 17.1. The van der Waals surface area contributed by atoms with Gasteiger partial charge in [-0.25, -0.2) is 0 Å². The minimum absolute atomic E-state index is 0.164. The molecule has 1 N–H and O–H groups in total. The number of thioether (sulfide) groups is 1. The highest BCUT2D eigenvalue weighted by molar-refractivity contribution is 7.99. The Kier molecular flexibility index (Phi) is 6.81. The summed E-state index contributed by atoms with van der Waals surface area (Å²) in [5, 5.41) is 10.8. The zero-order chi connectivity index (χ0) is 24.4. The van der Waals surface area contributed by atoms with Crippen LogP contribution >= 0.6 is 11.8 Å². The second kappa shape index (κ2) is 10.2. The van der Waals surface area contributed by atoms with Crippen molar-refractivity contribution in [2.45, 2.75) is 44.3 Å². The van der Waals surface area contributed by atoms with Gasteiger partial charge in [-0.15, -0.1) is 10.2 Å². The quantitative estimate of drug-likeness (QED) is 0.358. The van der Waals surface area contributed by atoms with Gasteiger partial charge in [0.25, 0.3) is 0 Å². The number of nitrogens with zero attached hydrogens (tertiary/aromatic N) is 4. The summed E-state index contributed by atoms with van der Waals surface area (Å²) in [5.74, 6) is 2.70. The van der Waals surface area contributed by atoms with Crippen LogP contribution in [0, 0.1) is 6.92 Å². The Hall–Kier alpha value is -3.26. The Morgan fingerprint density at radius 1 is 1.17 bits per heavy atom. The summed E-state index contributed by atoms with van der Waals surface area (Å²) in [7, 11) is 1.70. The van der Waals surface area contributed by atoms with Gasteiger partial charge in [0.2, 0.25) is 5.91 Å². The molecule has 1 amide bonds. The van der Waals surface area contributed by atoms with Crippen LogP contribution in [0.3, 0.4) is 0 Å². The van der Waals surface area contributed by atoms with Gasteiger partial charge in [0.15, 0.2) is 11.0 Å².